The summed E-state index contributed by atoms with van der Waals surface area (Å²) in [5, 5.41) is 15.1. The highest BCUT2D eigenvalue weighted by Gasteiger charge is 2.21. The average molecular weight is 465 g/mol. The Labute approximate surface area is 201 Å². The van der Waals surface area contributed by atoms with E-state index in [0.29, 0.717) is 18.7 Å². The van der Waals surface area contributed by atoms with Crippen LogP contribution in [0.15, 0.2) is 36.5 Å². The SMILES string of the molecule is Cc1c(N[C@H]2CC[C@H](N)CC2)nc2ccnn2c1Nc1cccc(OCCN2CCNCC2)c1. The van der Waals surface area contributed by atoms with Crippen LogP contribution in [-0.2, 0) is 0 Å². The number of ether oxygens (including phenoxy) is 1. The van der Waals surface area contributed by atoms with E-state index in [9.17, 15) is 0 Å². The molecule has 1 saturated heterocycles. The molecule has 1 saturated carbocycles. The molecule has 0 amide bonds. The predicted octanol–water partition coefficient (Wildman–Crippen LogP) is 2.75. The van der Waals surface area contributed by atoms with Crippen LogP contribution in [0.1, 0.15) is 31.2 Å². The standard InChI is InChI=1S/C25H36N8O/c1-18-24(29-20-7-5-19(26)6-8-20)31-23-9-10-28-33(23)25(18)30-21-3-2-4-22(17-21)34-16-15-32-13-11-27-12-14-32/h2-4,9-10,17,19-20,27,30H,5-8,11-16,26H2,1H3,(H,29,31)/t19-,20-. The Kier molecular flexibility index (Phi) is 7.13. The van der Waals surface area contributed by atoms with Gasteiger partial charge in [-0.05, 0) is 44.7 Å². The number of nitrogens with one attached hydrogen (secondary N) is 3. The van der Waals surface area contributed by atoms with Crippen LogP contribution in [0.2, 0.25) is 0 Å². The molecule has 1 aliphatic carbocycles. The first-order chi connectivity index (χ1) is 16.7. The number of nitrogens with zero attached hydrogens (tertiary/aromatic N) is 4. The Morgan fingerprint density at radius 2 is 1.97 bits per heavy atom. The van der Waals surface area contributed by atoms with Crippen molar-refractivity contribution in [1.82, 2.24) is 24.8 Å². The van der Waals surface area contributed by atoms with Gasteiger partial charge < -0.3 is 26.4 Å². The predicted molar refractivity (Wildman–Crippen MR) is 136 cm³/mol. The number of piperazine rings is 1. The molecule has 2 aromatic heterocycles. The quantitative estimate of drug-likeness (QED) is 0.403. The Morgan fingerprint density at radius 1 is 1.15 bits per heavy atom. The minimum atomic E-state index is 0.327. The molecule has 0 bridgehead atoms. The van der Waals surface area contributed by atoms with E-state index < -0.39 is 0 Å². The van der Waals surface area contributed by atoms with Crippen molar-refractivity contribution in [3.63, 3.8) is 0 Å². The molecule has 2 fully saturated rings. The van der Waals surface area contributed by atoms with E-state index in [1.807, 2.05) is 34.8 Å². The molecular formula is C25H36N8O. The molecule has 3 heterocycles. The van der Waals surface area contributed by atoms with E-state index in [2.05, 4.69) is 32.9 Å². The maximum atomic E-state index is 6.09. The van der Waals surface area contributed by atoms with Crippen molar-refractivity contribution in [3.8, 4) is 5.75 Å². The largest absolute Gasteiger partial charge is 0.492 e. The molecule has 9 nitrogen and oxygen atoms in total. The van der Waals surface area contributed by atoms with Gasteiger partial charge in [0.05, 0.1) is 6.20 Å². The molecule has 0 radical (unpaired) electrons. The average Bonchev–Trinajstić information content (AvgIpc) is 3.32. The first-order valence-electron chi connectivity index (χ1n) is 12.4. The number of hydrogen-bond donors (Lipinski definition) is 4. The highest BCUT2D eigenvalue weighted by molar-refractivity contribution is 5.69. The van der Waals surface area contributed by atoms with Crippen molar-refractivity contribution in [1.29, 1.82) is 0 Å². The van der Waals surface area contributed by atoms with Gasteiger partial charge in [0.15, 0.2) is 5.65 Å². The lowest BCUT2D eigenvalue weighted by Crippen LogP contribution is -2.44. The van der Waals surface area contributed by atoms with Gasteiger partial charge in [-0.25, -0.2) is 4.98 Å². The molecular weight excluding hydrogens is 428 g/mol. The van der Waals surface area contributed by atoms with Gasteiger partial charge in [0.25, 0.3) is 0 Å². The summed E-state index contributed by atoms with van der Waals surface area (Å²) < 4.78 is 7.92. The molecule has 182 valence electrons. The molecule has 9 heteroatoms. The van der Waals surface area contributed by atoms with E-state index in [4.69, 9.17) is 15.5 Å². The third-order valence-electron chi connectivity index (χ3n) is 6.87. The van der Waals surface area contributed by atoms with Crippen LogP contribution in [0.25, 0.3) is 5.65 Å². The van der Waals surface area contributed by atoms with Gasteiger partial charge in [-0.15, -0.1) is 0 Å². The number of rotatable bonds is 8. The van der Waals surface area contributed by atoms with Crippen molar-refractivity contribution in [2.75, 3.05) is 50.0 Å². The summed E-state index contributed by atoms with van der Waals surface area (Å²) in [6, 6.07) is 10.8. The van der Waals surface area contributed by atoms with Crippen molar-refractivity contribution in [2.24, 2.45) is 5.73 Å². The van der Waals surface area contributed by atoms with E-state index in [-0.39, 0.29) is 0 Å². The fraction of sp³-hybridized carbons (Fsp3) is 0.520. The maximum Gasteiger partial charge on any atom is 0.159 e. The maximum absolute atomic E-state index is 6.09. The third-order valence-corrected chi connectivity index (χ3v) is 6.87. The van der Waals surface area contributed by atoms with Crippen LogP contribution in [0, 0.1) is 6.92 Å². The highest BCUT2D eigenvalue weighted by atomic mass is 16.5. The highest BCUT2D eigenvalue weighted by Crippen LogP contribution is 2.30. The Hall–Kier alpha value is -2.88. The molecule has 1 aromatic carbocycles. The van der Waals surface area contributed by atoms with Crippen LogP contribution in [0.3, 0.4) is 0 Å². The summed E-state index contributed by atoms with van der Waals surface area (Å²) >= 11 is 0. The molecule has 0 spiro atoms. The van der Waals surface area contributed by atoms with Crippen LogP contribution >= 0.6 is 0 Å². The first-order valence-corrected chi connectivity index (χ1v) is 12.4. The summed E-state index contributed by atoms with van der Waals surface area (Å²) in [6.07, 6.45) is 6.04. The molecule has 0 unspecified atom stereocenters. The van der Waals surface area contributed by atoms with Gasteiger partial charge in [-0.2, -0.15) is 9.61 Å². The van der Waals surface area contributed by atoms with Gasteiger partial charge in [-0.3, -0.25) is 4.90 Å². The van der Waals surface area contributed by atoms with E-state index in [1.54, 1.807) is 6.20 Å². The number of anilines is 3. The molecule has 1 aliphatic heterocycles. The number of fused-ring (bicyclic) bond motifs is 1. The third kappa shape index (κ3) is 5.43. The number of nitrogens with two attached hydrogens (primary N) is 1. The van der Waals surface area contributed by atoms with Gasteiger partial charge in [-0.1, -0.05) is 6.07 Å². The lowest BCUT2D eigenvalue weighted by Gasteiger charge is -2.28. The lowest BCUT2D eigenvalue weighted by atomic mass is 9.92. The minimum Gasteiger partial charge on any atom is -0.492 e. The molecule has 3 aromatic rings. The summed E-state index contributed by atoms with van der Waals surface area (Å²) in [4.78, 5) is 7.27. The summed E-state index contributed by atoms with van der Waals surface area (Å²) in [5.41, 5.74) is 8.90. The monoisotopic (exact) mass is 464 g/mol. The lowest BCUT2D eigenvalue weighted by molar-refractivity contribution is 0.191. The van der Waals surface area contributed by atoms with Crippen LogP contribution in [-0.4, -0.2) is 70.9 Å². The zero-order valence-corrected chi connectivity index (χ0v) is 20.0. The number of aromatic nitrogens is 3. The Morgan fingerprint density at radius 3 is 2.79 bits per heavy atom. The summed E-state index contributed by atoms with van der Waals surface area (Å²) in [6.45, 7) is 7.97. The topological polar surface area (TPSA) is 105 Å². The fourth-order valence-corrected chi connectivity index (χ4v) is 4.79. The second kappa shape index (κ2) is 10.6. The van der Waals surface area contributed by atoms with Gasteiger partial charge in [0.1, 0.15) is 24.0 Å². The summed E-state index contributed by atoms with van der Waals surface area (Å²) in [5.74, 6) is 2.67. The van der Waals surface area contributed by atoms with Crippen LogP contribution < -0.4 is 26.4 Å². The van der Waals surface area contributed by atoms with Gasteiger partial charge >= 0.3 is 0 Å². The normalized spacial score (nSPS) is 21.5. The fourth-order valence-electron chi connectivity index (χ4n) is 4.79. The zero-order chi connectivity index (χ0) is 23.3. The smallest absolute Gasteiger partial charge is 0.159 e. The van der Waals surface area contributed by atoms with Crippen LogP contribution in [0.5, 0.6) is 5.75 Å². The Balaban J connectivity index is 1.29. The van der Waals surface area contributed by atoms with Crippen molar-refractivity contribution < 1.29 is 4.74 Å². The zero-order valence-electron chi connectivity index (χ0n) is 20.0. The number of hydrogen-bond acceptors (Lipinski definition) is 8. The van der Waals surface area contributed by atoms with E-state index >= 15 is 0 Å². The second-order valence-electron chi connectivity index (χ2n) is 9.38. The molecule has 5 N–H and O–H groups in total. The molecule has 2 aliphatic rings. The first kappa shape index (κ1) is 22.9. The molecule has 34 heavy (non-hydrogen) atoms. The van der Waals surface area contributed by atoms with Crippen molar-refractivity contribution in [2.45, 2.75) is 44.7 Å². The molecule has 5 rings (SSSR count). The van der Waals surface area contributed by atoms with Gasteiger partial charge in [0, 0.05) is 68.2 Å². The molecule has 0 atom stereocenters. The van der Waals surface area contributed by atoms with Crippen LogP contribution in [0.4, 0.5) is 17.3 Å². The van der Waals surface area contributed by atoms with Crippen molar-refractivity contribution >= 4 is 23.0 Å². The Bertz CT molecular complexity index is 1090. The second-order valence-corrected chi connectivity index (χ2v) is 9.38. The minimum absolute atomic E-state index is 0.327. The van der Waals surface area contributed by atoms with E-state index in [1.165, 1.54) is 0 Å². The van der Waals surface area contributed by atoms with E-state index in [0.717, 1.165) is 92.7 Å². The summed E-state index contributed by atoms with van der Waals surface area (Å²) in [7, 11) is 0. The van der Waals surface area contributed by atoms with Gasteiger partial charge in [0.2, 0.25) is 0 Å². The van der Waals surface area contributed by atoms with Crippen molar-refractivity contribution in [3.05, 3.63) is 42.1 Å². The number of benzene rings is 1.